The topological polar surface area (TPSA) is 54.4 Å². The number of carbonyl (C=O) groups is 1. The monoisotopic (exact) mass is 324 g/mol. The third kappa shape index (κ3) is 3.76. The maximum absolute atomic E-state index is 13.4. The maximum Gasteiger partial charge on any atom is 0.349 e. The van der Waals surface area contributed by atoms with Gasteiger partial charge in [0.05, 0.1) is 26.8 Å². The van der Waals surface area contributed by atoms with Gasteiger partial charge in [0.25, 0.3) is 0 Å². The van der Waals surface area contributed by atoms with Crippen LogP contribution >= 0.6 is 11.6 Å². The van der Waals surface area contributed by atoms with Gasteiger partial charge in [0.1, 0.15) is 0 Å². The minimum absolute atomic E-state index is 0.0144. The normalized spacial score (nSPS) is 13.6. The van der Waals surface area contributed by atoms with Gasteiger partial charge in [-0.15, -0.1) is 0 Å². The zero-order chi connectivity index (χ0) is 15.7. The predicted octanol–water partition coefficient (Wildman–Crippen LogP) is 3.74. The largest absolute Gasteiger partial charge is 0.478 e. The van der Waals surface area contributed by atoms with Gasteiger partial charge >= 0.3 is 11.4 Å². The molecular weight excluding hydrogens is 310 g/mol. The Labute approximate surface area is 123 Å². The summed E-state index contributed by atoms with van der Waals surface area (Å²) in [4.78, 5) is 10.9. The van der Waals surface area contributed by atoms with Crippen molar-refractivity contribution in [3.8, 4) is 0 Å². The summed E-state index contributed by atoms with van der Waals surface area (Å²) in [5, 5.41) is 5.34. The quantitative estimate of drug-likeness (QED) is 0.839. The Morgan fingerprint density at radius 2 is 2.00 bits per heavy atom. The van der Waals surface area contributed by atoms with Gasteiger partial charge in [0, 0.05) is 5.75 Å². The zero-order valence-corrected chi connectivity index (χ0v) is 12.8. The minimum atomic E-state index is -3.69. The molecule has 3 nitrogen and oxygen atoms in total. The van der Waals surface area contributed by atoms with E-state index in [0.717, 1.165) is 12.1 Å². The van der Waals surface area contributed by atoms with E-state index in [1.165, 1.54) is 6.92 Å². The molecule has 0 aliphatic rings. The lowest BCUT2D eigenvalue weighted by Gasteiger charge is -2.18. The first-order valence-corrected chi connectivity index (χ1v) is 7.57. The maximum atomic E-state index is 13.4. The number of carboxylic acid groups (broad SMARTS) is 1. The van der Waals surface area contributed by atoms with Gasteiger partial charge in [-0.25, -0.2) is 4.79 Å². The highest BCUT2D eigenvalue weighted by molar-refractivity contribution is 7.85. The van der Waals surface area contributed by atoms with Crippen LogP contribution < -0.4 is 0 Å². The lowest BCUT2D eigenvalue weighted by molar-refractivity contribution is 0.0693. The number of alkyl halides is 3. The molecule has 0 bridgehead atoms. The second-order valence-electron chi connectivity index (χ2n) is 4.82. The SMILES string of the molecule is Cc1c(C(=O)O)ccc(C(F)(F)Cl)c1[S@@](=O)CC(C)C. The van der Waals surface area contributed by atoms with Crippen LogP contribution in [0.15, 0.2) is 17.0 Å². The summed E-state index contributed by atoms with van der Waals surface area (Å²) in [6.45, 7) is 4.96. The Balaban J connectivity index is 3.53. The van der Waals surface area contributed by atoms with Crippen molar-refractivity contribution >= 4 is 28.4 Å². The third-order valence-electron chi connectivity index (χ3n) is 2.65. The number of hydrogen-bond acceptors (Lipinski definition) is 2. The van der Waals surface area contributed by atoms with Crippen LogP contribution in [0.1, 0.15) is 35.3 Å². The molecular formula is C13H15ClF2O3S. The van der Waals surface area contributed by atoms with Crippen LogP contribution in [-0.2, 0) is 16.2 Å². The highest BCUT2D eigenvalue weighted by Gasteiger charge is 2.34. The van der Waals surface area contributed by atoms with E-state index in [1.807, 2.05) is 0 Å². The Hall–Kier alpha value is -1.01. The fraction of sp³-hybridized carbons (Fsp3) is 0.462. The number of rotatable bonds is 5. The zero-order valence-electron chi connectivity index (χ0n) is 11.2. The van der Waals surface area contributed by atoms with Crippen molar-refractivity contribution in [1.29, 1.82) is 0 Å². The first-order valence-electron chi connectivity index (χ1n) is 5.88. The molecule has 112 valence electrons. The standard InChI is InChI=1S/C13H15ClF2O3S/c1-7(2)6-20(19)11-8(3)9(12(17)18)4-5-10(11)13(14,15)16/h4-5,7H,6H2,1-3H3,(H,17,18)/t20-/m0/s1. The molecule has 0 aliphatic heterocycles. The van der Waals surface area contributed by atoms with Crippen molar-refractivity contribution in [1.82, 2.24) is 0 Å². The smallest absolute Gasteiger partial charge is 0.349 e. The van der Waals surface area contributed by atoms with E-state index in [0.29, 0.717) is 0 Å². The highest BCUT2D eigenvalue weighted by Crippen LogP contribution is 2.38. The summed E-state index contributed by atoms with van der Waals surface area (Å²) in [6.07, 6.45) is 0. The molecule has 0 aliphatic carbocycles. The Morgan fingerprint density at radius 3 is 2.40 bits per heavy atom. The first-order chi connectivity index (χ1) is 9.05. The Kier molecular flexibility index (Phi) is 5.27. The van der Waals surface area contributed by atoms with E-state index in [9.17, 15) is 17.8 Å². The number of hydrogen-bond donors (Lipinski definition) is 1. The van der Waals surface area contributed by atoms with Crippen LogP contribution in [0, 0.1) is 12.8 Å². The fourth-order valence-corrected chi connectivity index (χ4v) is 3.70. The minimum Gasteiger partial charge on any atom is -0.478 e. The molecule has 0 fully saturated rings. The van der Waals surface area contributed by atoms with Crippen molar-refractivity contribution in [2.75, 3.05) is 5.75 Å². The molecule has 1 N–H and O–H groups in total. The molecule has 0 spiro atoms. The summed E-state index contributed by atoms with van der Waals surface area (Å²) in [7, 11) is -1.74. The van der Waals surface area contributed by atoms with Crippen molar-refractivity contribution in [3.63, 3.8) is 0 Å². The highest BCUT2D eigenvalue weighted by atomic mass is 35.5. The molecule has 0 saturated carbocycles. The Morgan fingerprint density at radius 1 is 1.45 bits per heavy atom. The lowest BCUT2D eigenvalue weighted by Crippen LogP contribution is -2.16. The van der Waals surface area contributed by atoms with E-state index >= 15 is 0 Å². The average Bonchev–Trinajstić information content (AvgIpc) is 2.25. The molecule has 1 aromatic rings. The lowest BCUT2D eigenvalue weighted by atomic mass is 10.0. The molecule has 0 aromatic heterocycles. The third-order valence-corrected chi connectivity index (χ3v) is 4.81. The van der Waals surface area contributed by atoms with Crippen molar-refractivity contribution in [2.24, 2.45) is 5.92 Å². The molecule has 1 aromatic carbocycles. The number of benzene rings is 1. The van der Waals surface area contributed by atoms with Crippen LogP contribution in [0.3, 0.4) is 0 Å². The van der Waals surface area contributed by atoms with Crippen LogP contribution in [0.25, 0.3) is 0 Å². The van der Waals surface area contributed by atoms with Gasteiger partial charge in [-0.2, -0.15) is 8.78 Å². The van der Waals surface area contributed by atoms with Gasteiger partial charge in [-0.1, -0.05) is 13.8 Å². The molecule has 0 saturated heterocycles. The summed E-state index contributed by atoms with van der Waals surface area (Å²) in [5.41, 5.74) is -0.684. The van der Waals surface area contributed by atoms with E-state index in [4.69, 9.17) is 16.7 Å². The molecule has 20 heavy (non-hydrogen) atoms. The summed E-state index contributed by atoms with van der Waals surface area (Å²) in [5.74, 6) is -1.08. The van der Waals surface area contributed by atoms with Gasteiger partial charge in [0.2, 0.25) is 0 Å². The molecule has 0 amide bonds. The number of halogens is 3. The summed E-state index contributed by atoms with van der Waals surface area (Å²) in [6, 6.07) is 1.98. The molecule has 0 radical (unpaired) electrons. The summed E-state index contributed by atoms with van der Waals surface area (Å²) < 4.78 is 39.1. The van der Waals surface area contributed by atoms with Crippen LogP contribution in [0.5, 0.6) is 0 Å². The van der Waals surface area contributed by atoms with Gasteiger partial charge in [-0.05, 0) is 42.1 Å². The van der Waals surface area contributed by atoms with E-state index in [2.05, 4.69) is 0 Å². The van der Waals surface area contributed by atoms with Crippen molar-refractivity contribution in [2.45, 2.75) is 31.0 Å². The fourth-order valence-electron chi connectivity index (χ4n) is 1.83. The molecule has 0 unspecified atom stereocenters. The first kappa shape index (κ1) is 17.0. The van der Waals surface area contributed by atoms with Crippen LogP contribution in [0.2, 0.25) is 0 Å². The van der Waals surface area contributed by atoms with E-state index < -0.39 is 27.7 Å². The van der Waals surface area contributed by atoms with Gasteiger partial charge in [-0.3, -0.25) is 4.21 Å². The van der Waals surface area contributed by atoms with Gasteiger partial charge in [0.15, 0.2) is 0 Å². The van der Waals surface area contributed by atoms with Crippen LogP contribution in [0.4, 0.5) is 8.78 Å². The second-order valence-corrected chi connectivity index (χ2v) is 6.73. The Bertz CT molecular complexity index is 553. The molecule has 1 atom stereocenters. The second kappa shape index (κ2) is 6.18. The molecule has 0 heterocycles. The van der Waals surface area contributed by atoms with Crippen LogP contribution in [-0.4, -0.2) is 21.0 Å². The number of aromatic carboxylic acids is 1. The average molecular weight is 325 g/mol. The van der Waals surface area contributed by atoms with Crippen molar-refractivity contribution in [3.05, 3.63) is 28.8 Å². The van der Waals surface area contributed by atoms with E-state index in [-0.39, 0.29) is 27.7 Å². The van der Waals surface area contributed by atoms with Gasteiger partial charge < -0.3 is 5.11 Å². The number of carboxylic acids is 1. The summed E-state index contributed by atoms with van der Waals surface area (Å²) >= 11 is 5.03. The van der Waals surface area contributed by atoms with Crippen molar-refractivity contribution < 1.29 is 22.9 Å². The molecule has 7 heteroatoms. The van der Waals surface area contributed by atoms with E-state index in [1.54, 1.807) is 13.8 Å². The predicted molar refractivity (Wildman–Crippen MR) is 74.0 cm³/mol. The molecule has 1 rings (SSSR count).